The minimum atomic E-state index is -4.70. The van der Waals surface area contributed by atoms with Gasteiger partial charge < -0.3 is 4.74 Å². The Morgan fingerprint density at radius 3 is 2.44 bits per heavy atom. The molecule has 13 heteroatoms. The van der Waals surface area contributed by atoms with Gasteiger partial charge in [0, 0.05) is 11.8 Å². The molecule has 144 valence electrons. The number of ether oxygens (including phenoxy) is 1. The lowest BCUT2D eigenvalue weighted by molar-refractivity contribution is -0.190. The van der Waals surface area contributed by atoms with Gasteiger partial charge in [-0.05, 0) is 36.7 Å². The summed E-state index contributed by atoms with van der Waals surface area (Å²) in [4.78, 5) is 3.50. The van der Waals surface area contributed by atoms with Gasteiger partial charge in [-0.1, -0.05) is 0 Å². The number of fused-ring (bicyclic) bond motifs is 1. The maximum Gasteiger partial charge on any atom is 0.425 e. The van der Waals surface area contributed by atoms with Crippen molar-refractivity contribution in [1.82, 2.24) is 24.8 Å². The summed E-state index contributed by atoms with van der Waals surface area (Å²) < 4.78 is 83.3. The summed E-state index contributed by atoms with van der Waals surface area (Å²) in [7, 11) is 0. The Bertz CT molecular complexity index is 986. The highest BCUT2D eigenvalue weighted by molar-refractivity contribution is 6.21. The second-order valence-electron chi connectivity index (χ2n) is 5.32. The number of nitrogens with zero attached hydrogens (tertiary/aromatic N) is 5. The van der Waals surface area contributed by atoms with Crippen molar-refractivity contribution in [3.8, 4) is 17.1 Å². The first-order valence-electron chi connectivity index (χ1n) is 7.16. The molecule has 3 aromatic heterocycles. The third-order valence-electron chi connectivity index (χ3n) is 3.37. The van der Waals surface area contributed by atoms with Crippen LogP contribution in [0.1, 0.15) is 12.7 Å². The standard InChI is InChI=1S/C14H8ClF6N5O/c1-6(14(19,20)21)27-11-8(16)4-7(5-22-11)9-2-3-10-23-24-12(13(15,17)18)26(10)25-9/h2-6H,1H3/t6-/m1/s1. The van der Waals surface area contributed by atoms with Crippen molar-refractivity contribution in [2.45, 2.75) is 24.6 Å². The molecule has 0 aliphatic heterocycles. The molecule has 0 amide bonds. The molecule has 3 heterocycles. The van der Waals surface area contributed by atoms with E-state index in [1.54, 1.807) is 0 Å². The molecule has 0 aliphatic carbocycles. The smallest absolute Gasteiger partial charge is 0.425 e. The number of alkyl halides is 6. The van der Waals surface area contributed by atoms with E-state index >= 15 is 0 Å². The molecule has 0 aromatic carbocycles. The first kappa shape index (κ1) is 19.1. The van der Waals surface area contributed by atoms with Gasteiger partial charge in [0.1, 0.15) is 0 Å². The zero-order valence-electron chi connectivity index (χ0n) is 13.2. The number of aromatic nitrogens is 5. The fraction of sp³-hybridized carbons (Fsp3) is 0.286. The summed E-state index contributed by atoms with van der Waals surface area (Å²) in [6.45, 7) is 0.699. The first-order chi connectivity index (χ1) is 12.5. The van der Waals surface area contributed by atoms with Crippen molar-refractivity contribution in [2.75, 3.05) is 0 Å². The number of rotatable bonds is 4. The van der Waals surface area contributed by atoms with Crippen LogP contribution in [0.15, 0.2) is 24.4 Å². The fourth-order valence-electron chi connectivity index (χ4n) is 2.01. The van der Waals surface area contributed by atoms with Crippen molar-refractivity contribution >= 4 is 17.2 Å². The van der Waals surface area contributed by atoms with Gasteiger partial charge in [-0.25, -0.2) is 9.37 Å². The van der Waals surface area contributed by atoms with Crippen LogP contribution in [0.5, 0.6) is 5.88 Å². The summed E-state index contributed by atoms with van der Waals surface area (Å²) in [5, 5.41) is 6.71. The average molecular weight is 412 g/mol. The molecule has 3 rings (SSSR count). The van der Waals surface area contributed by atoms with Gasteiger partial charge in [0.2, 0.25) is 5.82 Å². The molecule has 27 heavy (non-hydrogen) atoms. The fourth-order valence-corrected chi connectivity index (χ4v) is 2.12. The largest absolute Gasteiger partial charge is 0.463 e. The predicted octanol–water partition coefficient (Wildman–Crippen LogP) is 3.94. The van der Waals surface area contributed by atoms with Gasteiger partial charge >= 0.3 is 11.6 Å². The number of halogens is 7. The summed E-state index contributed by atoms with van der Waals surface area (Å²) in [6.07, 6.45) is -5.99. The minimum absolute atomic E-state index is 0.000972. The number of hydrogen-bond donors (Lipinski definition) is 0. The molecule has 0 spiro atoms. The predicted molar refractivity (Wildman–Crippen MR) is 79.9 cm³/mol. The van der Waals surface area contributed by atoms with Crippen molar-refractivity contribution in [3.63, 3.8) is 0 Å². The number of pyridine rings is 1. The van der Waals surface area contributed by atoms with E-state index in [1.807, 2.05) is 0 Å². The van der Waals surface area contributed by atoms with E-state index in [1.165, 1.54) is 12.1 Å². The maximum absolute atomic E-state index is 14.1. The Kier molecular flexibility index (Phi) is 4.62. The minimum Gasteiger partial charge on any atom is -0.463 e. The van der Waals surface area contributed by atoms with Crippen molar-refractivity contribution < 1.29 is 31.1 Å². The SMILES string of the molecule is C[C@@H](Oc1ncc(-c2ccc3nnc(C(F)(F)Cl)n3n2)cc1F)C(F)(F)F. The van der Waals surface area contributed by atoms with Crippen LogP contribution >= 0.6 is 11.6 Å². The molecule has 0 bridgehead atoms. The molecule has 0 radical (unpaired) electrons. The summed E-state index contributed by atoms with van der Waals surface area (Å²) in [6, 6.07) is 3.40. The van der Waals surface area contributed by atoms with Gasteiger partial charge in [0.25, 0.3) is 5.88 Å². The molecular weight excluding hydrogens is 404 g/mol. The van der Waals surface area contributed by atoms with Gasteiger partial charge in [0.15, 0.2) is 17.6 Å². The third-order valence-corrected chi connectivity index (χ3v) is 3.54. The van der Waals surface area contributed by atoms with Gasteiger partial charge in [-0.3, -0.25) is 0 Å². The van der Waals surface area contributed by atoms with E-state index in [-0.39, 0.29) is 16.9 Å². The Morgan fingerprint density at radius 1 is 1.15 bits per heavy atom. The lowest BCUT2D eigenvalue weighted by Crippen LogP contribution is -2.31. The lowest BCUT2D eigenvalue weighted by atomic mass is 10.2. The Morgan fingerprint density at radius 2 is 1.85 bits per heavy atom. The highest BCUT2D eigenvalue weighted by Gasteiger charge is 2.39. The van der Waals surface area contributed by atoms with Crippen LogP contribution in [0.4, 0.5) is 26.3 Å². The van der Waals surface area contributed by atoms with E-state index in [2.05, 4.69) is 25.0 Å². The monoisotopic (exact) mass is 411 g/mol. The van der Waals surface area contributed by atoms with Crippen LogP contribution in [0.3, 0.4) is 0 Å². The summed E-state index contributed by atoms with van der Waals surface area (Å²) in [5.41, 5.74) is -0.0632. The molecule has 6 nitrogen and oxygen atoms in total. The van der Waals surface area contributed by atoms with Crippen molar-refractivity contribution in [3.05, 3.63) is 36.0 Å². The lowest BCUT2D eigenvalue weighted by Gasteiger charge is -2.17. The van der Waals surface area contributed by atoms with Gasteiger partial charge in [0.05, 0.1) is 5.69 Å². The zero-order chi connectivity index (χ0) is 20.0. The summed E-state index contributed by atoms with van der Waals surface area (Å²) in [5.74, 6) is -2.99. The quantitative estimate of drug-likeness (QED) is 0.480. The molecule has 0 saturated carbocycles. The third kappa shape index (κ3) is 3.89. The zero-order valence-corrected chi connectivity index (χ0v) is 13.9. The van der Waals surface area contributed by atoms with E-state index < -0.39 is 35.2 Å². The molecule has 1 atom stereocenters. The van der Waals surface area contributed by atoms with E-state index in [0.717, 1.165) is 12.3 Å². The molecule has 0 saturated heterocycles. The van der Waals surface area contributed by atoms with Crippen LogP contribution < -0.4 is 4.74 Å². The van der Waals surface area contributed by atoms with Gasteiger partial charge in [-0.15, -0.1) is 10.2 Å². The molecule has 3 aromatic rings. The normalized spacial score (nSPS) is 13.8. The Balaban J connectivity index is 1.96. The first-order valence-corrected chi connectivity index (χ1v) is 7.53. The highest BCUT2D eigenvalue weighted by Crippen LogP contribution is 2.31. The van der Waals surface area contributed by atoms with Crippen LogP contribution in [0, 0.1) is 5.82 Å². The molecule has 0 N–H and O–H groups in total. The van der Waals surface area contributed by atoms with Crippen LogP contribution in [-0.4, -0.2) is 37.1 Å². The van der Waals surface area contributed by atoms with Crippen LogP contribution in [0.25, 0.3) is 16.9 Å². The molecule has 0 aliphatic rings. The Hall–Kier alpha value is -2.63. The van der Waals surface area contributed by atoms with E-state index in [0.29, 0.717) is 11.4 Å². The van der Waals surface area contributed by atoms with Crippen molar-refractivity contribution in [2.24, 2.45) is 0 Å². The summed E-state index contributed by atoms with van der Waals surface area (Å²) >= 11 is 4.93. The number of hydrogen-bond acceptors (Lipinski definition) is 5. The topological polar surface area (TPSA) is 65.2 Å². The second-order valence-corrected chi connectivity index (χ2v) is 5.80. The van der Waals surface area contributed by atoms with Gasteiger partial charge in [-0.2, -0.15) is 31.6 Å². The highest BCUT2D eigenvalue weighted by atomic mass is 35.5. The maximum atomic E-state index is 14.1. The van der Waals surface area contributed by atoms with E-state index in [9.17, 15) is 26.3 Å². The van der Waals surface area contributed by atoms with E-state index in [4.69, 9.17) is 11.6 Å². The molecular formula is C14H8ClF6N5O. The van der Waals surface area contributed by atoms with Crippen LogP contribution in [-0.2, 0) is 5.38 Å². The molecule has 0 fully saturated rings. The average Bonchev–Trinajstić information content (AvgIpc) is 2.99. The molecule has 0 unspecified atom stereocenters. The van der Waals surface area contributed by atoms with Crippen LogP contribution in [0.2, 0.25) is 0 Å². The Labute approximate surface area is 151 Å². The second kappa shape index (κ2) is 6.51. The van der Waals surface area contributed by atoms with Crippen molar-refractivity contribution in [1.29, 1.82) is 0 Å².